The summed E-state index contributed by atoms with van der Waals surface area (Å²) in [7, 11) is 0. The fourth-order valence-corrected chi connectivity index (χ4v) is 8.79. The van der Waals surface area contributed by atoms with Gasteiger partial charge in [0.25, 0.3) is 0 Å². The van der Waals surface area contributed by atoms with Gasteiger partial charge in [-0.05, 0) is 85.2 Å². The SMILES string of the molecule is C=C/C(=C\c1c(C)sc2ccc(-n3c4ccccc4c4ccccc43)cc12)n1c2ccccc2c2ccccc21.CC.Cc1cccc(-c2ccccc2)c1. The Morgan fingerprint density at radius 3 is 1.58 bits per heavy atom. The van der Waals surface area contributed by atoms with Gasteiger partial charge < -0.3 is 9.13 Å². The minimum Gasteiger partial charge on any atom is -0.309 e. The number of benzene rings is 7. The number of fused-ring (bicyclic) bond motifs is 7. The smallest absolute Gasteiger partial charge is 0.0541 e. The quantitative estimate of drug-likeness (QED) is 0.156. The van der Waals surface area contributed by atoms with Gasteiger partial charge in [0.15, 0.2) is 0 Å². The zero-order valence-electron chi connectivity index (χ0n) is 31.8. The Kier molecular flexibility index (Phi) is 10.0. The highest BCUT2D eigenvalue weighted by atomic mass is 32.1. The normalized spacial score (nSPS) is 11.5. The molecule has 55 heavy (non-hydrogen) atoms. The second kappa shape index (κ2) is 15.5. The average Bonchev–Trinajstić information content (AvgIpc) is 3.87. The lowest BCUT2D eigenvalue weighted by Crippen LogP contribution is -1.95. The highest BCUT2D eigenvalue weighted by Crippen LogP contribution is 2.39. The van der Waals surface area contributed by atoms with E-state index in [0.29, 0.717) is 0 Å². The molecule has 10 aromatic rings. The molecule has 3 aromatic heterocycles. The van der Waals surface area contributed by atoms with Crippen LogP contribution in [0.2, 0.25) is 0 Å². The van der Waals surface area contributed by atoms with Crippen molar-refractivity contribution in [2.45, 2.75) is 27.7 Å². The van der Waals surface area contributed by atoms with Crippen LogP contribution in [0.5, 0.6) is 0 Å². The number of aromatic nitrogens is 2. The van der Waals surface area contributed by atoms with Crippen LogP contribution < -0.4 is 0 Å². The zero-order chi connectivity index (χ0) is 37.9. The second-order valence-corrected chi connectivity index (χ2v) is 14.8. The van der Waals surface area contributed by atoms with Gasteiger partial charge in [0.2, 0.25) is 0 Å². The molecule has 0 bridgehead atoms. The number of aryl methyl sites for hydroxylation is 2. The molecule has 0 saturated heterocycles. The van der Waals surface area contributed by atoms with Gasteiger partial charge in [0.05, 0.1) is 22.1 Å². The molecule has 0 aliphatic rings. The third-order valence-corrected chi connectivity index (χ3v) is 11.3. The summed E-state index contributed by atoms with van der Waals surface area (Å²) in [5.74, 6) is 0. The first-order chi connectivity index (χ1) is 27.1. The average molecular weight is 729 g/mol. The molecule has 3 heterocycles. The van der Waals surface area contributed by atoms with Crippen molar-refractivity contribution in [1.29, 1.82) is 0 Å². The van der Waals surface area contributed by atoms with Crippen LogP contribution >= 0.6 is 11.3 Å². The van der Waals surface area contributed by atoms with Crippen molar-refractivity contribution in [1.82, 2.24) is 9.13 Å². The minimum absolute atomic E-state index is 1.07. The van der Waals surface area contributed by atoms with Crippen LogP contribution in [0.25, 0.3) is 82.3 Å². The second-order valence-electron chi connectivity index (χ2n) is 13.5. The van der Waals surface area contributed by atoms with Crippen LogP contribution in [0.1, 0.15) is 29.9 Å². The van der Waals surface area contributed by atoms with Gasteiger partial charge in [-0.1, -0.05) is 153 Å². The maximum Gasteiger partial charge on any atom is 0.0541 e. The van der Waals surface area contributed by atoms with E-state index in [0.717, 1.165) is 5.70 Å². The summed E-state index contributed by atoms with van der Waals surface area (Å²) in [4.78, 5) is 1.30. The van der Waals surface area contributed by atoms with Crippen molar-refractivity contribution in [3.8, 4) is 16.8 Å². The highest BCUT2D eigenvalue weighted by Gasteiger charge is 2.16. The van der Waals surface area contributed by atoms with Crippen molar-refractivity contribution in [3.05, 3.63) is 199 Å². The molecular formula is C52H44N2S. The topological polar surface area (TPSA) is 9.86 Å². The Bertz CT molecular complexity index is 2880. The third-order valence-electron chi connectivity index (χ3n) is 10.2. The van der Waals surface area contributed by atoms with Crippen molar-refractivity contribution >= 4 is 76.8 Å². The number of rotatable bonds is 5. The maximum atomic E-state index is 4.26. The van der Waals surface area contributed by atoms with E-state index in [9.17, 15) is 0 Å². The van der Waals surface area contributed by atoms with Crippen LogP contribution in [0.3, 0.4) is 0 Å². The van der Waals surface area contributed by atoms with Crippen molar-refractivity contribution < 1.29 is 0 Å². The fraction of sp³-hybridized carbons (Fsp3) is 0.0769. The Labute approximate surface area is 327 Å². The molecule has 0 aliphatic carbocycles. The van der Waals surface area contributed by atoms with Gasteiger partial charge >= 0.3 is 0 Å². The molecule has 2 nitrogen and oxygen atoms in total. The number of para-hydroxylation sites is 4. The third kappa shape index (κ3) is 6.58. The van der Waals surface area contributed by atoms with E-state index in [1.54, 1.807) is 0 Å². The Balaban J connectivity index is 0.000000240. The first-order valence-electron chi connectivity index (χ1n) is 19.1. The predicted octanol–water partition coefficient (Wildman–Crippen LogP) is 15.3. The highest BCUT2D eigenvalue weighted by molar-refractivity contribution is 7.19. The van der Waals surface area contributed by atoms with E-state index in [1.807, 2.05) is 37.3 Å². The lowest BCUT2D eigenvalue weighted by Gasteiger charge is -2.10. The monoisotopic (exact) mass is 728 g/mol. The van der Waals surface area contributed by atoms with E-state index >= 15 is 0 Å². The van der Waals surface area contributed by atoms with Crippen LogP contribution in [0.15, 0.2) is 183 Å². The molecule has 0 spiro atoms. The van der Waals surface area contributed by atoms with Gasteiger partial charge in [-0.3, -0.25) is 0 Å². The zero-order valence-corrected chi connectivity index (χ0v) is 32.6. The van der Waals surface area contributed by atoms with Gasteiger partial charge in [0.1, 0.15) is 0 Å². The standard InChI is InChI=1S/C37H26N2S.C13H12.C2H6/c1-3-25(38-33-16-8-4-12-27(33)28-13-5-9-17-34(28)38)22-31-24(2)40-37-21-20-26(23-32(31)37)39-35-18-10-6-14-29(35)30-15-7-11-19-36(30)39;1-11-6-5-9-13(10-11)12-7-3-2-4-8-12;1-2/h3-23H,1H2,2H3;2-10H,1H3;1-2H3/b25-22+;;. The molecular weight excluding hydrogens is 685 g/mol. The molecule has 0 amide bonds. The predicted molar refractivity (Wildman–Crippen MR) is 243 cm³/mol. The van der Waals surface area contributed by atoms with Crippen molar-refractivity contribution in [2.75, 3.05) is 0 Å². The molecule has 0 radical (unpaired) electrons. The number of hydrogen-bond acceptors (Lipinski definition) is 1. The summed E-state index contributed by atoms with van der Waals surface area (Å²) in [6.45, 7) is 12.6. The summed E-state index contributed by atoms with van der Waals surface area (Å²) in [5, 5.41) is 6.33. The van der Waals surface area contributed by atoms with Crippen LogP contribution in [0, 0.1) is 13.8 Å². The van der Waals surface area contributed by atoms with E-state index < -0.39 is 0 Å². The van der Waals surface area contributed by atoms with Gasteiger partial charge in [0, 0.05) is 47.9 Å². The van der Waals surface area contributed by atoms with E-state index in [1.165, 1.54) is 86.5 Å². The molecule has 0 N–H and O–H groups in total. The fourth-order valence-electron chi connectivity index (χ4n) is 7.76. The van der Waals surface area contributed by atoms with Crippen LogP contribution in [-0.4, -0.2) is 9.13 Å². The first-order valence-corrected chi connectivity index (χ1v) is 19.9. The summed E-state index contributed by atoms with van der Waals surface area (Å²) in [6.07, 6.45) is 4.30. The van der Waals surface area contributed by atoms with Crippen LogP contribution in [0.4, 0.5) is 0 Å². The molecule has 0 aliphatic heterocycles. The van der Waals surface area contributed by atoms with E-state index in [4.69, 9.17) is 0 Å². The molecule has 0 saturated carbocycles. The van der Waals surface area contributed by atoms with E-state index in [-0.39, 0.29) is 0 Å². The van der Waals surface area contributed by atoms with Crippen molar-refractivity contribution in [2.24, 2.45) is 0 Å². The largest absolute Gasteiger partial charge is 0.309 e. The molecule has 0 fully saturated rings. The van der Waals surface area contributed by atoms with Gasteiger partial charge in [-0.2, -0.15) is 0 Å². The summed E-state index contributed by atoms with van der Waals surface area (Å²) < 4.78 is 6.03. The molecule has 7 aromatic carbocycles. The Morgan fingerprint density at radius 2 is 1.02 bits per heavy atom. The molecule has 268 valence electrons. The number of hydrogen-bond donors (Lipinski definition) is 0. The van der Waals surface area contributed by atoms with Crippen molar-refractivity contribution in [3.63, 3.8) is 0 Å². The first kappa shape index (κ1) is 35.6. The van der Waals surface area contributed by atoms with Crippen LogP contribution in [-0.2, 0) is 0 Å². The molecule has 10 rings (SSSR count). The molecule has 3 heteroatoms. The minimum atomic E-state index is 1.07. The Morgan fingerprint density at radius 1 is 0.509 bits per heavy atom. The molecule has 0 unspecified atom stereocenters. The summed E-state index contributed by atoms with van der Waals surface area (Å²) in [5.41, 5.74) is 12.2. The number of nitrogens with zero attached hydrogens (tertiary/aromatic N) is 2. The van der Waals surface area contributed by atoms with Gasteiger partial charge in [-0.15, -0.1) is 11.3 Å². The summed E-state index contributed by atoms with van der Waals surface area (Å²) in [6, 6.07) is 60.5. The van der Waals surface area contributed by atoms with Gasteiger partial charge in [-0.25, -0.2) is 0 Å². The molecule has 0 atom stereocenters. The lowest BCUT2D eigenvalue weighted by atomic mass is 10.0. The van der Waals surface area contributed by atoms with E-state index in [2.05, 4.69) is 199 Å². The maximum absolute atomic E-state index is 4.26. The Hall–Kier alpha value is -6.42. The lowest BCUT2D eigenvalue weighted by molar-refractivity contribution is 1.19. The number of thiophene rings is 1. The number of allylic oxidation sites excluding steroid dienone is 2. The summed E-state index contributed by atoms with van der Waals surface area (Å²) >= 11 is 1.85.